The van der Waals surface area contributed by atoms with E-state index in [1.807, 2.05) is 6.07 Å². The van der Waals surface area contributed by atoms with Gasteiger partial charge in [0.1, 0.15) is 0 Å². The SMILES string of the molecule is CN1C2CCC1CC(Nc1cccc(-c3ccn[nH]3)c1)C2. The van der Waals surface area contributed by atoms with E-state index in [0.29, 0.717) is 6.04 Å². The maximum atomic E-state index is 4.03. The molecule has 0 aliphatic carbocycles. The van der Waals surface area contributed by atoms with Crippen molar-refractivity contribution in [3.05, 3.63) is 36.5 Å². The summed E-state index contributed by atoms with van der Waals surface area (Å²) in [6.45, 7) is 0. The number of piperidine rings is 1. The monoisotopic (exact) mass is 282 g/mol. The van der Waals surface area contributed by atoms with Gasteiger partial charge in [0.2, 0.25) is 0 Å². The predicted molar refractivity (Wildman–Crippen MR) is 85.2 cm³/mol. The molecule has 2 aliphatic rings. The molecule has 2 unspecified atom stereocenters. The van der Waals surface area contributed by atoms with Gasteiger partial charge in [-0.25, -0.2) is 0 Å². The number of aromatic nitrogens is 2. The fraction of sp³-hybridized carbons (Fsp3) is 0.471. The molecule has 0 spiro atoms. The molecule has 2 atom stereocenters. The third-order valence-corrected chi connectivity index (χ3v) is 5.14. The van der Waals surface area contributed by atoms with E-state index in [9.17, 15) is 0 Å². The van der Waals surface area contributed by atoms with E-state index in [4.69, 9.17) is 0 Å². The van der Waals surface area contributed by atoms with E-state index in [0.717, 1.165) is 17.8 Å². The minimum atomic E-state index is 0.607. The molecule has 2 bridgehead atoms. The van der Waals surface area contributed by atoms with Crippen LogP contribution >= 0.6 is 0 Å². The first-order chi connectivity index (χ1) is 10.3. The predicted octanol–water partition coefficient (Wildman–Crippen LogP) is 3.11. The fourth-order valence-electron chi connectivity index (χ4n) is 3.96. The second-order valence-corrected chi connectivity index (χ2v) is 6.41. The lowest BCUT2D eigenvalue weighted by Gasteiger charge is -2.37. The van der Waals surface area contributed by atoms with E-state index >= 15 is 0 Å². The molecule has 4 nitrogen and oxygen atoms in total. The van der Waals surface area contributed by atoms with Gasteiger partial charge in [-0.2, -0.15) is 5.10 Å². The summed E-state index contributed by atoms with van der Waals surface area (Å²) in [6, 6.07) is 12.8. The van der Waals surface area contributed by atoms with Crippen molar-refractivity contribution in [2.75, 3.05) is 12.4 Å². The Balaban J connectivity index is 1.49. The Bertz CT molecular complexity index is 593. The first-order valence-electron chi connectivity index (χ1n) is 7.88. The van der Waals surface area contributed by atoms with Gasteiger partial charge < -0.3 is 10.2 Å². The Labute approximate surface area is 125 Å². The molecule has 4 heteroatoms. The highest BCUT2D eigenvalue weighted by Crippen LogP contribution is 2.35. The zero-order valence-electron chi connectivity index (χ0n) is 12.4. The number of nitrogens with zero attached hydrogens (tertiary/aromatic N) is 2. The third-order valence-electron chi connectivity index (χ3n) is 5.14. The molecule has 2 saturated heterocycles. The molecule has 110 valence electrons. The Morgan fingerprint density at radius 2 is 2.00 bits per heavy atom. The lowest BCUT2D eigenvalue weighted by Crippen LogP contribution is -2.44. The number of hydrogen-bond acceptors (Lipinski definition) is 3. The fourth-order valence-corrected chi connectivity index (χ4v) is 3.96. The first kappa shape index (κ1) is 12.9. The summed E-state index contributed by atoms with van der Waals surface area (Å²) in [4.78, 5) is 2.58. The van der Waals surface area contributed by atoms with Crippen molar-refractivity contribution in [3.8, 4) is 11.3 Å². The molecule has 1 aromatic carbocycles. The minimum Gasteiger partial charge on any atom is -0.382 e. The summed E-state index contributed by atoms with van der Waals surface area (Å²) in [7, 11) is 2.29. The first-order valence-corrected chi connectivity index (χ1v) is 7.88. The number of H-pyrrole nitrogens is 1. The van der Waals surface area contributed by atoms with Gasteiger partial charge in [-0.3, -0.25) is 5.10 Å². The van der Waals surface area contributed by atoms with Crippen LogP contribution in [-0.4, -0.2) is 40.3 Å². The van der Waals surface area contributed by atoms with Crippen LogP contribution in [0.2, 0.25) is 0 Å². The van der Waals surface area contributed by atoms with Crippen LogP contribution in [0, 0.1) is 0 Å². The van der Waals surface area contributed by atoms with Gasteiger partial charge in [-0.15, -0.1) is 0 Å². The molecule has 2 aliphatic heterocycles. The molecular weight excluding hydrogens is 260 g/mol. The summed E-state index contributed by atoms with van der Waals surface area (Å²) < 4.78 is 0. The van der Waals surface area contributed by atoms with Gasteiger partial charge in [0, 0.05) is 35.6 Å². The molecule has 0 radical (unpaired) electrons. The maximum Gasteiger partial charge on any atom is 0.0650 e. The van der Waals surface area contributed by atoms with Gasteiger partial charge in [-0.05, 0) is 50.9 Å². The Morgan fingerprint density at radius 1 is 1.19 bits per heavy atom. The number of nitrogens with one attached hydrogen (secondary N) is 2. The van der Waals surface area contributed by atoms with Crippen LogP contribution in [0.25, 0.3) is 11.3 Å². The van der Waals surface area contributed by atoms with Gasteiger partial charge in [0.15, 0.2) is 0 Å². The molecule has 2 aromatic rings. The van der Waals surface area contributed by atoms with E-state index in [-0.39, 0.29) is 0 Å². The summed E-state index contributed by atoms with van der Waals surface area (Å²) >= 11 is 0. The zero-order valence-corrected chi connectivity index (χ0v) is 12.4. The van der Waals surface area contributed by atoms with Crippen molar-refractivity contribution >= 4 is 5.69 Å². The normalized spacial score (nSPS) is 28.7. The number of anilines is 1. The van der Waals surface area contributed by atoms with Crippen molar-refractivity contribution < 1.29 is 0 Å². The number of rotatable bonds is 3. The van der Waals surface area contributed by atoms with Crippen LogP contribution in [0.3, 0.4) is 0 Å². The number of fused-ring (bicyclic) bond motifs is 2. The molecule has 2 N–H and O–H groups in total. The van der Waals surface area contributed by atoms with Gasteiger partial charge in [0.05, 0.1) is 5.69 Å². The average Bonchev–Trinajstić information content (AvgIpc) is 3.08. The molecule has 0 saturated carbocycles. The molecule has 1 aromatic heterocycles. The summed E-state index contributed by atoms with van der Waals surface area (Å²) in [5.41, 5.74) is 3.48. The maximum absolute atomic E-state index is 4.03. The van der Waals surface area contributed by atoms with Crippen LogP contribution in [0.15, 0.2) is 36.5 Å². The van der Waals surface area contributed by atoms with Crippen LogP contribution in [0.5, 0.6) is 0 Å². The number of aromatic amines is 1. The van der Waals surface area contributed by atoms with Crippen LogP contribution < -0.4 is 5.32 Å². The quantitative estimate of drug-likeness (QED) is 0.909. The third kappa shape index (κ3) is 2.44. The van der Waals surface area contributed by atoms with Crippen LogP contribution in [-0.2, 0) is 0 Å². The topological polar surface area (TPSA) is 44.0 Å². The molecule has 4 rings (SSSR count). The van der Waals surface area contributed by atoms with Crippen molar-refractivity contribution in [3.63, 3.8) is 0 Å². The molecule has 0 amide bonds. The van der Waals surface area contributed by atoms with Gasteiger partial charge >= 0.3 is 0 Å². The van der Waals surface area contributed by atoms with Crippen molar-refractivity contribution in [1.82, 2.24) is 15.1 Å². The van der Waals surface area contributed by atoms with E-state index < -0.39 is 0 Å². The lowest BCUT2D eigenvalue weighted by molar-refractivity contribution is 0.169. The van der Waals surface area contributed by atoms with Crippen molar-refractivity contribution in [2.45, 2.75) is 43.8 Å². The van der Waals surface area contributed by atoms with Crippen LogP contribution in [0.4, 0.5) is 5.69 Å². The van der Waals surface area contributed by atoms with Crippen molar-refractivity contribution in [2.24, 2.45) is 0 Å². The highest BCUT2D eigenvalue weighted by Gasteiger charge is 2.38. The molecule has 3 heterocycles. The second-order valence-electron chi connectivity index (χ2n) is 6.41. The Morgan fingerprint density at radius 3 is 2.71 bits per heavy atom. The molecule has 21 heavy (non-hydrogen) atoms. The average molecular weight is 282 g/mol. The Hall–Kier alpha value is -1.81. The molecule has 2 fully saturated rings. The standard InChI is InChI=1S/C17H22N4/c1-21-15-5-6-16(21)11-14(10-15)19-13-4-2-3-12(9-13)17-7-8-18-20-17/h2-4,7-9,14-16,19H,5-6,10-11H2,1H3,(H,18,20). The van der Waals surface area contributed by atoms with Gasteiger partial charge in [0.25, 0.3) is 0 Å². The minimum absolute atomic E-state index is 0.607. The Kier molecular flexibility index (Phi) is 3.19. The van der Waals surface area contributed by atoms with E-state index in [2.05, 4.69) is 51.7 Å². The highest BCUT2D eigenvalue weighted by molar-refractivity contribution is 5.64. The van der Waals surface area contributed by atoms with Gasteiger partial charge in [-0.1, -0.05) is 12.1 Å². The number of hydrogen-bond donors (Lipinski definition) is 2. The molecular formula is C17H22N4. The van der Waals surface area contributed by atoms with Crippen molar-refractivity contribution in [1.29, 1.82) is 0 Å². The summed E-state index contributed by atoms with van der Waals surface area (Å²) in [6.07, 6.45) is 7.06. The highest BCUT2D eigenvalue weighted by atomic mass is 15.2. The second kappa shape index (κ2) is 5.19. The smallest absolute Gasteiger partial charge is 0.0650 e. The van der Waals surface area contributed by atoms with E-state index in [1.165, 1.54) is 36.9 Å². The number of benzene rings is 1. The summed E-state index contributed by atoms with van der Waals surface area (Å²) in [5.74, 6) is 0. The lowest BCUT2D eigenvalue weighted by atomic mass is 9.97. The zero-order chi connectivity index (χ0) is 14.2. The largest absolute Gasteiger partial charge is 0.382 e. The summed E-state index contributed by atoms with van der Waals surface area (Å²) in [5, 5.41) is 10.8. The van der Waals surface area contributed by atoms with E-state index in [1.54, 1.807) is 6.20 Å². The van der Waals surface area contributed by atoms with Crippen LogP contribution in [0.1, 0.15) is 25.7 Å².